The zero-order valence-electron chi connectivity index (χ0n) is 12.1. The lowest BCUT2D eigenvalue weighted by atomic mass is 9.43. The summed E-state index contributed by atoms with van der Waals surface area (Å²) in [5.41, 5.74) is 2.74. The number of hydrogen-bond acceptors (Lipinski definition) is 2. The Labute approximate surface area is 120 Å². The molecular formula is C17H25NS. The Balaban J connectivity index is 1.73. The van der Waals surface area contributed by atoms with E-state index in [4.69, 9.17) is 0 Å². The summed E-state index contributed by atoms with van der Waals surface area (Å²) in [5.74, 6) is 2.03. The topological polar surface area (TPSA) is 12.0 Å². The highest BCUT2D eigenvalue weighted by Crippen LogP contribution is 2.68. The summed E-state index contributed by atoms with van der Waals surface area (Å²) >= 11 is 1.85. The number of hydrogen-bond donors (Lipinski definition) is 1. The van der Waals surface area contributed by atoms with Crippen LogP contribution in [0.4, 0.5) is 0 Å². The molecule has 2 heteroatoms. The Hall–Kier alpha value is -0.340. The third-order valence-electron chi connectivity index (χ3n) is 6.18. The van der Waals surface area contributed by atoms with Crippen molar-refractivity contribution in [2.75, 3.05) is 7.05 Å². The van der Waals surface area contributed by atoms with Gasteiger partial charge in [-0.25, -0.2) is 0 Å². The Morgan fingerprint density at radius 3 is 2.53 bits per heavy atom. The molecule has 4 bridgehead atoms. The molecular weight excluding hydrogens is 250 g/mol. The van der Waals surface area contributed by atoms with Gasteiger partial charge in [0.25, 0.3) is 0 Å². The highest BCUT2D eigenvalue weighted by molar-refractivity contribution is 7.07. The van der Waals surface area contributed by atoms with Crippen molar-refractivity contribution in [2.45, 2.75) is 51.5 Å². The van der Waals surface area contributed by atoms with E-state index in [1.54, 1.807) is 0 Å². The molecule has 3 atom stereocenters. The van der Waals surface area contributed by atoms with Gasteiger partial charge >= 0.3 is 0 Å². The minimum absolute atomic E-state index is 0.550. The minimum atomic E-state index is 0.550. The number of nitrogens with one attached hydrogen (secondary N) is 1. The van der Waals surface area contributed by atoms with Crippen molar-refractivity contribution in [2.24, 2.45) is 22.7 Å². The van der Waals surface area contributed by atoms with E-state index in [1.807, 2.05) is 11.3 Å². The van der Waals surface area contributed by atoms with Gasteiger partial charge in [-0.2, -0.15) is 11.3 Å². The predicted molar refractivity (Wildman–Crippen MR) is 81.3 cm³/mol. The molecule has 0 aromatic carbocycles. The minimum Gasteiger partial charge on any atom is -0.313 e. The Bertz CT molecular complexity index is 450. The molecule has 4 saturated carbocycles. The van der Waals surface area contributed by atoms with Crippen LogP contribution in [0.1, 0.15) is 57.1 Å². The van der Waals surface area contributed by atoms with Gasteiger partial charge < -0.3 is 5.32 Å². The maximum absolute atomic E-state index is 3.69. The maximum Gasteiger partial charge on any atom is 0.0383 e. The van der Waals surface area contributed by atoms with E-state index in [2.05, 4.69) is 36.1 Å². The Morgan fingerprint density at radius 2 is 2.00 bits per heavy atom. The summed E-state index contributed by atoms with van der Waals surface area (Å²) in [7, 11) is 2.17. The van der Waals surface area contributed by atoms with Crippen molar-refractivity contribution >= 4 is 11.3 Å². The fourth-order valence-electron chi connectivity index (χ4n) is 6.40. The third kappa shape index (κ3) is 1.83. The van der Waals surface area contributed by atoms with Gasteiger partial charge in [-0.15, -0.1) is 0 Å². The van der Waals surface area contributed by atoms with Crippen molar-refractivity contribution in [3.05, 3.63) is 22.4 Å². The lowest BCUT2D eigenvalue weighted by molar-refractivity contribution is -0.118. The van der Waals surface area contributed by atoms with E-state index in [0.717, 1.165) is 11.8 Å². The van der Waals surface area contributed by atoms with Gasteiger partial charge in [0.2, 0.25) is 0 Å². The highest BCUT2D eigenvalue weighted by Gasteiger charge is 2.58. The monoisotopic (exact) mass is 275 g/mol. The van der Waals surface area contributed by atoms with Crippen molar-refractivity contribution in [3.63, 3.8) is 0 Å². The molecule has 4 fully saturated rings. The van der Waals surface area contributed by atoms with E-state index in [9.17, 15) is 0 Å². The number of thiophene rings is 1. The first-order valence-corrected chi connectivity index (χ1v) is 8.76. The zero-order chi connectivity index (χ0) is 13.1. The van der Waals surface area contributed by atoms with E-state index >= 15 is 0 Å². The first-order valence-electron chi connectivity index (χ1n) is 7.82. The SMILES string of the molecule is CNC(c1ccsc1)C12CC3CC(CC(C)(C3)C1)C2. The quantitative estimate of drug-likeness (QED) is 0.849. The fourth-order valence-corrected chi connectivity index (χ4v) is 7.09. The summed E-state index contributed by atoms with van der Waals surface area (Å²) in [4.78, 5) is 0. The normalized spacial score (nSPS) is 45.6. The molecule has 0 aliphatic heterocycles. The lowest BCUT2D eigenvalue weighted by Crippen LogP contribution is -2.54. The second-order valence-electron chi connectivity index (χ2n) is 7.91. The summed E-state index contributed by atoms with van der Waals surface area (Å²) < 4.78 is 0. The van der Waals surface area contributed by atoms with Crippen LogP contribution in [0.25, 0.3) is 0 Å². The van der Waals surface area contributed by atoms with Crippen LogP contribution in [-0.2, 0) is 0 Å². The van der Waals surface area contributed by atoms with Crippen molar-refractivity contribution in [1.29, 1.82) is 0 Å². The second kappa shape index (κ2) is 4.08. The molecule has 1 nitrogen and oxygen atoms in total. The predicted octanol–water partition coefficient (Wildman–Crippen LogP) is 4.62. The Morgan fingerprint density at radius 1 is 1.26 bits per heavy atom. The molecule has 1 N–H and O–H groups in total. The van der Waals surface area contributed by atoms with Crippen molar-refractivity contribution < 1.29 is 0 Å². The largest absolute Gasteiger partial charge is 0.313 e. The third-order valence-corrected chi connectivity index (χ3v) is 6.88. The molecule has 104 valence electrons. The van der Waals surface area contributed by atoms with E-state index in [1.165, 1.54) is 44.1 Å². The van der Waals surface area contributed by atoms with Gasteiger partial charge in [-0.1, -0.05) is 6.92 Å². The van der Waals surface area contributed by atoms with Gasteiger partial charge in [0.1, 0.15) is 0 Å². The standard InChI is InChI=1S/C17H25NS/c1-16-6-12-5-13(7-16)9-17(8-12,11-16)15(18-2)14-3-4-19-10-14/h3-4,10,12-13,15,18H,5-9,11H2,1-2H3. The second-order valence-corrected chi connectivity index (χ2v) is 8.69. The molecule has 0 radical (unpaired) electrons. The first kappa shape index (κ1) is 12.4. The fraction of sp³-hybridized carbons (Fsp3) is 0.765. The van der Waals surface area contributed by atoms with Crippen molar-refractivity contribution in [3.8, 4) is 0 Å². The molecule has 0 saturated heterocycles. The molecule has 0 amide bonds. The van der Waals surface area contributed by atoms with Crippen LogP contribution in [0, 0.1) is 22.7 Å². The van der Waals surface area contributed by atoms with Crippen LogP contribution >= 0.6 is 11.3 Å². The average Bonchev–Trinajstić information content (AvgIpc) is 2.79. The van der Waals surface area contributed by atoms with Crippen LogP contribution in [0.2, 0.25) is 0 Å². The lowest BCUT2D eigenvalue weighted by Gasteiger charge is -2.63. The van der Waals surface area contributed by atoms with E-state index in [-0.39, 0.29) is 0 Å². The van der Waals surface area contributed by atoms with Crippen LogP contribution < -0.4 is 5.32 Å². The van der Waals surface area contributed by atoms with Crippen LogP contribution in [-0.4, -0.2) is 7.05 Å². The number of rotatable bonds is 3. The maximum atomic E-state index is 3.69. The molecule has 0 spiro atoms. The van der Waals surface area contributed by atoms with Crippen LogP contribution in [0.3, 0.4) is 0 Å². The van der Waals surface area contributed by atoms with Crippen LogP contribution in [0.15, 0.2) is 16.8 Å². The summed E-state index contributed by atoms with van der Waals surface area (Å²) in [6.07, 6.45) is 8.93. The molecule has 19 heavy (non-hydrogen) atoms. The highest BCUT2D eigenvalue weighted by atomic mass is 32.1. The smallest absolute Gasteiger partial charge is 0.0383 e. The average molecular weight is 275 g/mol. The molecule has 5 rings (SSSR count). The summed E-state index contributed by atoms with van der Waals surface area (Å²) in [6, 6.07) is 2.93. The van der Waals surface area contributed by atoms with E-state index < -0.39 is 0 Å². The van der Waals surface area contributed by atoms with Crippen molar-refractivity contribution in [1.82, 2.24) is 5.32 Å². The van der Waals surface area contributed by atoms with Gasteiger partial charge in [0, 0.05) is 6.04 Å². The first-order chi connectivity index (χ1) is 9.12. The molecule has 1 aromatic rings. The molecule has 1 aromatic heterocycles. The van der Waals surface area contributed by atoms with E-state index in [0.29, 0.717) is 16.9 Å². The van der Waals surface area contributed by atoms with Gasteiger partial charge in [0.05, 0.1) is 0 Å². The van der Waals surface area contributed by atoms with Gasteiger partial charge in [0.15, 0.2) is 0 Å². The molecule has 4 aliphatic carbocycles. The summed E-state index contributed by atoms with van der Waals surface area (Å²) in [5, 5.41) is 8.29. The zero-order valence-corrected chi connectivity index (χ0v) is 12.9. The Kier molecular flexibility index (Phi) is 2.66. The summed E-state index contributed by atoms with van der Waals surface area (Å²) in [6.45, 7) is 2.57. The molecule has 4 aliphatic rings. The molecule has 1 heterocycles. The van der Waals surface area contributed by atoms with Gasteiger partial charge in [-0.05, 0) is 90.6 Å². The molecule has 3 unspecified atom stereocenters. The van der Waals surface area contributed by atoms with Crippen LogP contribution in [0.5, 0.6) is 0 Å². The van der Waals surface area contributed by atoms with Gasteiger partial charge in [-0.3, -0.25) is 0 Å².